The van der Waals surface area contributed by atoms with Crippen LogP contribution in [0.3, 0.4) is 0 Å². The van der Waals surface area contributed by atoms with E-state index in [2.05, 4.69) is 5.10 Å². The number of hydrogen-bond acceptors (Lipinski definition) is 4. The fourth-order valence-electron chi connectivity index (χ4n) is 1.04. The Morgan fingerprint density at radius 1 is 1.33 bits per heavy atom. The van der Waals surface area contributed by atoms with Crippen LogP contribution in [0.25, 0.3) is 0 Å². The molecule has 18 heavy (non-hydrogen) atoms. The van der Waals surface area contributed by atoms with E-state index in [1.165, 1.54) is 12.1 Å². The van der Waals surface area contributed by atoms with Crippen molar-refractivity contribution in [3.63, 3.8) is 0 Å². The van der Waals surface area contributed by atoms with Gasteiger partial charge in [-0.2, -0.15) is 13.5 Å². The third-order valence-electron chi connectivity index (χ3n) is 1.90. The molecule has 96 valence electrons. The SMILES string of the molecule is Cc1ccc(S(=O)(=O)NN=CC=CC(=O)O)cc1. The summed E-state index contributed by atoms with van der Waals surface area (Å²) in [4.78, 5) is 12.2. The van der Waals surface area contributed by atoms with Crippen LogP contribution >= 0.6 is 0 Å². The van der Waals surface area contributed by atoms with Gasteiger partial charge >= 0.3 is 5.97 Å². The van der Waals surface area contributed by atoms with Crippen molar-refractivity contribution in [3.05, 3.63) is 42.0 Å². The zero-order valence-electron chi connectivity index (χ0n) is 9.57. The number of carbonyl (C=O) groups is 1. The standard InChI is InChI=1S/C11H12N2O4S/c1-9-4-6-10(7-5-9)18(16,17)13-12-8-2-3-11(14)15/h2-8,13H,1H3,(H,14,15). The van der Waals surface area contributed by atoms with Crippen molar-refractivity contribution in [2.75, 3.05) is 0 Å². The topological polar surface area (TPSA) is 95.8 Å². The number of hydrazone groups is 1. The van der Waals surface area contributed by atoms with Crippen LogP contribution < -0.4 is 4.83 Å². The van der Waals surface area contributed by atoms with E-state index in [0.29, 0.717) is 0 Å². The summed E-state index contributed by atoms with van der Waals surface area (Å²) in [6.45, 7) is 1.85. The second-order valence-corrected chi connectivity index (χ2v) is 5.04. The Bertz CT molecular complexity index is 574. The largest absolute Gasteiger partial charge is 0.478 e. The van der Waals surface area contributed by atoms with Crippen molar-refractivity contribution in [1.82, 2.24) is 4.83 Å². The molecule has 0 unspecified atom stereocenters. The number of allylic oxidation sites excluding steroid dienone is 1. The van der Waals surface area contributed by atoms with Gasteiger partial charge in [0.15, 0.2) is 0 Å². The molecule has 6 nitrogen and oxygen atoms in total. The molecule has 2 N–H and O–H groups in total. The van der Waals surface area contributed by atoms with Gasteiger partial charge in [0.05, 0.1) is 4.90 Å². The number of rotatable bonds is 5. The van der Waals surface area contributed by atoms with Crippen LogP contribution in [0.1, 0.15) is 5.56 Å². The van der Waals surface area contributed by atoms with E-state index in [1.807, 2.05) is 11.8 Å². The van der Waals surface area contributed by atoms with E-state index in [0.717, 1.165) is 23.9 Å². The zero-order chi connectivity index (χ0) is 13.6. The molecule has 0 atom stereocenters. The van der Waals surface area contributed by atoms with Crippen LogP contribution in [0.4, 0.5) is 0 Å². The third-order valence-corrected chi connectivity index (χ3v) is 3.14. The van der Waals surface area contributed by atoms with Crippen molar-refractivity contribution in [3.8, 4) is 0 Å². The van der Waals surface area contributed by atoms with E-state index >= 15 is 0 Å². The first-order valence-corrected chi connectivity index (χ1v) is 6.41. The normalized spacial score (nSPS) is 12.1. The van der Waals surface area contributed by atoms with Crippen LogP contribution in [0.15, 0.2) is 46.4 Å². The van der Waals surface area contributed by atoms with Crippen LogP contribution in [0.5, 0.6) is 0 Å². The molecule has 0 amide bonds. The molecule has 0 radical (unpaired) electrons. The highest BCUT2D eigenvalue weighted by molar-refractivity contribution is 7.89. The Labute approximate surface area is 105 Å². The second kappa shape index (κ2) is 5.97. The lowest BCUT2D eigenvalue weighted by Gasteiger charge is -2.02. The molecule has 1 rings (SSSR count). The maximum atomic E-state index is 11.7. The summed E-state index contributed by atoms with van der Waals surface area (Å²) >= 11 is 0. The summed E-state index contributed by atoms with van der Waals surface area (Å²) in [5.41, 5.74) is 0.946. The lowest BCUT2D eigenvalue weighted by atomic mass is 10.2. The third kappa shape index (κ3) is 4.38. The summed E-state index contributed by atoms with van der Waals surface area (Å²) in [6, 6.07) is 6.26. The molecule has 0 aliphatic carbocycles. The first-order chi connectivity index (χ1) is 8.42. The molecular weight excluding hydrogens is 256 g/mol. The summed E-state index contributed by atoms with van der Waals surface area (Å²) in [5.74, 6) is -1.14. The number of carboxylic acids is 1. The van der Waals surface area contributed by atoms with Crippen LogP contribution in [0.2, 0.25) is 0 Å². The number of sulfonamides is 1. The maximum absolute atomic E-state index is 11.7. The van der Waals surface area contributed by atoms with E-state index in [4.69, 9.17) is 5.11 Å². The predicted molar refractivity (Wildman–Crippen MR) is 66.8 cm³/mol. The minimum atomic E-state index is -3.71. The molecule has 0 heterocycles. The first-order valence-electron chi connectivity index (χ1n) is 4.93. The molecule has 0 saturated heterocycles. The number of benzene rings is 1. The first kappa shape index (κ1) is 13.9. The van der Waals surface area contributed by atoms with E-state index in [1.54, 1.807) is 12.1 Å². The fraction of sp³-hybridized carbons (Fsp3) is 0.0909. The van der Waals surface area contributed by atoms with Crippen molar-refractivity contribution in [1.29, 1.82) is 0 Å². The van der Waals surface area contributed by atoms with Gasteiger partial charge in [-0.1, -0.05) is 17.7 Å². The summed E-state index contributed by atoms with van der Waals surface area (Å²) in [7, 11) is -3.71. The number of aryl methyl sites for hydroxylation is 1. The van der Waals surface area contributed by atoms with Crippen molar-refractivity contribution in [2.24, 2.45) is 5.10 Å². The number of nitrogens with one attached hydrogen (secondary N) is 1. The van der Waals surface area contributed by atoms with Gasteiger partial charge in [-0.3, -0.25) is 0 Å². The monoisotopic (exact) mass is 268 g/mol. The molecule has 0 aromatic heterocycles. The van der Waals surface area contributed by atoms with Crippen LogP contribution in [-0.4, -0.2) is 25.7 Å². The highest BCUT2D eigenvalue weighted by Gasteiger charge is 2.11. The Kier molecular flexibility index (Phi) is 4.61. The number of carboxylic acid groups (broad SMARTS) is 1. The summed E-state index contributed by atoms with van der Waals surface area (Å²) < 4.78 is 23.4. The van der Waals surface area contributed by atoms with Gasteiger partial charge in [-0.05, 0) is 25.1 Å². The average Bonchev–Trinajstić information content (AvgIpc) is 2.28. The number of hydrogen-bond donors (Lipinski definition) is 2. The van der Waals surface area contributed by atoms with Crippen LogP contribution in [0, 0.1) is 6.92 Å². The Morgan fingerprint density at radius 2 is 1.94 bits per heavy atom. The van der Waals surface area contributed by atoms with Crippen molar-refractivity contribution < 1.29 is 18.3 Å². The van der Waals surface area contributed by atoms with Gasteiger partial charge in [-0.25, -0.2) is 9.63 Å². The fourth-order valence-corrected chi connectivity index (χ4v) is 1.84. The van der Waals surface area contributed by atoms with Gasteiger partial charge in [-0.15, -0.1) is 0 Å². The van der Waals surface area contributed by atoms with Gasteiger partial charge in [0, 0.05) is 12.3 Å². The minimum Gasteiger partial charge on any atom is -0.478 e. The quantitative estimate of drug-likeness (QED) is 0.471. The summed E-state index contributed by atoms with van der Waals surface area (Å²) in [6.07, 6.45) is 2.99. The van der Waals surface area contributed by atoms with Crippen molar-refractivity contribution >= 4 is 22.2 Å². The average molecular weight is 268 g/mol. The number of aliphatic carboxylic acids is 1. The highest BCUT2D eigenvalue weighted by atomic mass is 32.2. The lowest BCUT2D eigenvalue weighted by molar-refractivity contribution is -0.131. The molecule has 1 aromatic carbocycles. The summed E-state index contributed by atoms with van der Waals surface area (Å²) in [5, 5.41) is 11.7. The van der Waals surface area contributed by atoms with E-state index in [-0.39, 0.29) is 4.90 Å². The molecule has 0 aliphatic heterocycles. The highest BCUT2D eigenvalue weighted by Crippen LogP contribution is 2.09. The molecule has 0 fully saturated rings. The van der Waals surface area contributed by atoms with Gasteiger partial charge in [0.25, 0.3) is 10.0 Å². The Hall–Kier alpha value is -2.15. The molecule has 0 spiro atoms. The number of nitrogens with zero attached hydrogens (tertiary/aromatic N) is 1. The van der Waals surface area contributed by atoms with Gasteiger partial charge < -0.3 is 5.11 Å². The minimum absolute atomic E-state index is 0.0902. The molecule has 0 saturated carbocycles. The van der Waals surface area contributed by atoms with E-state index in [9.17, 15) is 13.2 Å². The van der Waals surface area contributed by atoms with Crippen LogP contribution in [-0.2, 0) is 14.8 Å². The molecule has 0 aliphatic rings. The second-order valence-electron chi connectivity index (χ2n) is 3.38. The van der Waals surface area contributed by atoms with Gasteiger partial charge in [0.2, 0.25) is 0 Å². The predicted octanol–water partition coefficient (Wildman–Crippen LogP) is 0.900. The lowest BCUT2D eigenvalue weighted by Crippen LogP contribution is -2.18. The molecular formula is C11H12N2O4S. The maximum Gasteiger partial charge on any atom is 0.328 e. The van der Waals surface area contributed by atoms with Crippen molar-refractivity contribution in [2.45, 2.75) is 11.8 Å². The molecule has 7 heteroatoms. The van der Waals surface area contributed by atoms with Gasteiger partial charge in [0.1, 0.15) is 0 Å². The smallest absolute Gasteiger partial charge is 0.328 e. The zero-order valence-corrected chi connectivity index (χ0v) is 10.4. The van der Waals surface area contributed by atoms with E-state index < -0.39 is 16.0 Å². The molecule has 1 aromatic rings. The Balaban J connectivity index is 2.71. The Morgan fingerprint density at radius 3 is 2.50 bits per heavy atom. The molecule has 0 bridgehead atoms.